The molecule has 1 aliphatic heterocycles. The second-order valence-corrected chi connectivity index (χ2v) is 9.77. The fourth-order valence-corrected chi connectivity index (χ4v) is 5.37. The van der Waals surface area contributed by atoms with Gasteiger partial charge in [0.25, 0.3) is 0 Å². The van der Waals surface area contributed by atoms with Crippen LogP contribution in [0.5, 0.6) is 0 Å². The van der Waals surface area contributed by atoms with Gasteiger partial charge in [-0.3, -0.25) is 5.10 Å². The molecule has 0 radical (unpaired) electrons. The second kappa shape index (κ2) is 9.60. The van der Waals surface area contributed by atoms with Gasteiger partial charge in [-0.25, -0.2) is 4.68 Å². The maximum atomic E-state index is 5.99. The third kappa shape index (κ3) is 4.44. The van der Waals surface area contributed by atoms with Gasteiger partial charge < -0.3 is 16.0 Å². The number of rotatable bonds is 6. The zero-order valence-electron chi connectivity index (χ0n) is 21.2. The third-order valence-electron chi connectivity index (χ3n) is 7.13. The van der Waals surface area contributed by atoms with Crippen molar-refractivity contribution >= 4 is 28.5 Å². The van der Waals surface area contributed by atoms with E-state index in [1.54, 1.807) is 6.20 Å². The van der Waals surface area contributed by atoms with Crippen LogP contribution in [0.15, 0.2) is 97.3 Å². The summed E-state index contributed by atoms with van der Waals surface area (Å²) in [6.45, 7) is 1.49. The number of hydrogen-bond acceptors (Lipinski definition) is 7. The van der Waals surface area contributed by atoms with E-state index >= 15 is 0 Å². The van der Waals surface area contributed by atoms with Crippen molar-refractivity contribution in [3.63, 3.8) is 0 Å². The van der Waals surface area contributed by atoms with Gasteiger partial charge in [-0.05, 0) is 30.2 Å². The Labute approximate surface area is 225 Å². The molecule has 0 aliphatic carbocycles. The summed E-state index contributed by atoms with van der Waals surface area (Å²) in [5.74, 6) is 0.903. The molecule has 1 unspecified atom stereocenters. The van der Waals surface area contributed by atoms with Gasteiger partial charge in [0.2, 0.25) is 5.95 Å². The molecule has 3 aromatic heterocycles. The highest BCUT2D eigenvalue weighted by atomic mass is 15.3. The van der Waals surface area contributed by atoms with E-state index in [4.69, 9.17) is 10.8 Å². The maximum Gasteiger partial charge on any atom is 0.224 e. The van der Waals surface area contributed by atoms with Crippen molar-refractivity contribution in [3.05, 3.63) is 108 Å². The number of H-pyrrole nitrogens is 1. The van der Waals surface area contributed by atoms with Crippen LogP contribution in [0.2, 0.25) is 0 Å². The van der Waals surface area contributed by atoms with Crippen molar-refractivity contribution in [2.24, 2.45) is 0 Å². The minimum Gasteiger partial charge on any atom is -0.368 e. The number of aromatic amines is 1. The molecular formula is C30H27N9. The van der Waals surface area contributed by atoms with E-state index in [1.165, 1.54) is 11.3 Å². The van der Waals surface area contributed by atoms with E-state index in [9.17, 15) is 0 Å². The molecule has 4 N–H and O–H groups in total. The van der Waals surface area contributed by atoms with E-state index in [0.29, 0.717) is 18.0 Å². The molecule has 192 valence electrons. The van der Waals surface area contributed by atoms with Gasteiger partial charge in [-0.15, -0.1) is 0 Å². The van der Waals surface area contributed by atoms with Gasteiger partial charge in [0.1, 0.15) is 5.82 Å². The van der Waals surface area contributed by atoms with Gasteiger partial charge in [-0.1, -0.05) is 66.7 Å². The zero-order chi connectivity index (χ0) is 26.2. The summed E-state index contributed by atoms with van der Waals surface area (Å²) in [7, 11) is 0. The Morgan fingerprint density at radius 2 is 1.69 bits per heavy atom. The first kappa shape index (κ1) is 23.0. The average Bonchev–Trinajstić information content (AvgIpc) is 3.62. The summed E-state index contributed by atoms with van der Waals surface area (Å²) in [6.07, 6.45) is 4.75. The summed E-state index contributed by atoms with van der Waals surface area (Å²) < 4.78 is 1.97. The molecule has 0 fully saturated rings. The highest BCUT2D eigenvalue weighted by Crippen LogP contribution is 2.33. The smallest absolute Gasteiger partial charge is 0.224 e. The lowest BCUT2D eigenvalue weighted by Crippen LogP contribution is -2.42. The van der Waals surface area contributed by atoms with Crippen LogP contribution < -0.4 is 16.0 Å². The Morgan fingerprint density at radius 1 is 0.923 bits per heavy atom. The van der Waals surface area contributed by atoms with Crippen LogP contribution >= 0.6 is 0 Å². The fraction of sp³-hybridized carbons (Fsp3) is 0.133. The second-order valence-electron chi connectivity index (χ2n) is 9.77. The molecule has 4 heterocycles. The number of nitrogen functional groups attached to an aromatic ring is 1. The molecule has 0 saturated carbocycles. The Bertz CT molecular complexity index is 1740. The summed E-state index contributed by atoms with van der Waals surface area (Å²) in [5, 5.41) is 16.5. The van der Waals surface area contributed by atoms with E-state index in [0.717, 1.165) is 40.9 Å². The van der Waals surface area contributed by atoms with Crippen molar-refractivity contribution in [1.29, 1.82) is 0 Å². The minimum absolute atomic E-state index is 0.108. The van der Waals surface area contributed by atoms with Crippen molar-refractivity contribution in [1.82, 2.24) is 29.9 Å². The van der Waals surface area contributed by atoms with Crippen LogP contribution in [-0.4, -0.2) is 42.5 Å². The number of benzene rings is 3. The molecule has 7 rings (SSSR count). The number of nitrogens with two attached hydrogens (primary N) is 1. The molecular weight excluding hydrogens is 486 g/mol. The van der Waals surface area contributed by atoms with Crippen LogP contribution in [-0.2, 0) is 13.0 Å². The van der Waals surface area contributed by atoms with Crippen molar-refractivity contribution in [3.8, 4) is 16.9 Å². The third-order valence-corrected chi connectivity index (χ3v) is 7.13. The predicted molar refractivity (Wildman–Crippen MR) is 154 cm³/mol. The van der Waals surface area contributed by atoms with Crippen LogP contribution in [0.4, 0.5) is 17.5 Å². The molecule has 0 spiro atoms. The van der Waals surface area contributed by atoms with Crippen molar-refractivity contribution in [2.45, 2.75) is 19.0 Å². The van der Waals surface area contributed by atoms with Gasteiger partial charge in [0, 0.05) is 42.1 Å². The number of nitrogens with one attached hydrogen (secondary N) is 2. The van der Waals surface area contributed by atoms with Crippen LogP contribution in [0.25, 0.3) is 28.0 Å². The molecule has 9 heteroatoms. The van der Waals surface area contributed by atoms with Crippen LogP contribution in [0, 0.1) is 0 Å². The van der Waals surface area contributed by atoms with E-state index < -0.39 is 0 Å². The first-order valence-corrected chi connectivity index (χ1v) is 13.0. The zero-order valence-corrected chi connectivity index (χ0v) is 21.2. The van der Waals surface area contributed by atoms with E-state index in [-0.39, 0.29) is 12.0 Å². The SMILES string of the molecule is Nc1nc(NC2Cc3ccccc3N(Cc3cn(-c4ccccc4)nc3-c3ccccc3)C2)c2cn[nH]c2n1. The van der Waals surface area contributed by atoms with Crippen molar-refractivity contribution in [2.75, 3.05) is 22.5 Å². The molecule has 9 nitrogen and oxygen atoms in total. The monoisotopic (exact) mass is 513 g/mol. The Kier molecular flexibility index (Phi) is 5.66. The molecule has 0 bridgehead atoms. The number of anilines is 3. The van der Waals surface area contributed by atoms with E-state index in [1.807, 2.05) is 28.9 Å². The maximum absolute atomic E-state index is 5.99. The topological polar surface area (TPSA) is 114 Å². The van der Waals surface area contributed by atoms with Gasteiger partial charge >= 0.3 is 0 Å². The normalized spacial score (nSPS) is 14.9. The quantitative estimate of drug-likeness (QED) is 0.292. The highest BCUT2D eigenvalue weighted by molar-refractivity contribution is 5.87. The molecule has 3 aromatic carbocycles. The molecule has 6 aromatic rings. The van der Waals surface area contributed by atoms with Crippen LogP contribution in [0.1, 0.15) is 11.1 Å². The first-order valence-electron chi connectivity index (χ1n) is 13.0. The number of fused-ring (bicyclic) bond motifs is 2. The lowest BCUT2D eigenvalue weighted by molar-refractivity contribution is 0.628. The first-order chi connectivity index (χ1) is 19.2. The number of hydrogen-bond donors (Lipinski definition) is 3. The molecule has 1 atom stereocenters. The lowest BCUT2D eigenvalue weighted by atomic mass is 9.97. The summed E-state index contributed by atoms with van der Waals surface area (Å²) >= 11 is 0. The van der Waals surface area contributed by atoms with Crippen LogP contribution in [0.3, 0.4) is 0 Å². The Morgan fingerprint density at radius 3 is 2.54 bits per heavy atom. The highest BCUT2D eigenvalue weighted by Gasteiger charge is 2.27. The summed E-state index contributed by atoms with van der Waals surface area (Å²) in [4.78, 5) is 11.2. The van der Waals surface area contributed by atoms with Gasteiger partial charge in [-0.2, -0.15) is 20.2 Å². The fourth-order valence-electron chi connectivity index (χ4n) is 5.37. The Balaban J connectivity index is 1.25. The molecule has 0 saturated heterocycles. The standard InChI is InChI=1S/C30H27N9/c31-30-34-28(25-16-32-36-29(25)35-30)33-23-15-21-11-7-8-14-26(21)38(19-23)17-22-18-39(24-12-5-2-6-13-24)37-27(22)20-9-3-1-4-10-20/h1-14,16,18,23H,15,17,19H2,(H4,31,32,33,34,35,36). The number of aromatic nitrogens is 6. The summed E-state index contributed by atoms with van der Waals surface area (Å²) in [5.41, 5.74) is 13.4. The van der Waals surface area contributed by atoms with E-state index in [2.05, 4.69) is 97.2 Å². The average molecular weight is 514 g/mol. The van der Waals surface area contributed by atoms with Gasteiger partial charge in [0.15, 0.2) is 5.65 Å². The summed E-state index contributed by atoms with van der Waals surface area (Å²) in [6, 6.07) is 29.3. The van der Waals surface area contributed by atoms with Crippen molar-refractivity contribution < 1.29 is 0 Å². The molecule has 0 amide bonds. The Hall–Kier alpha value is -5.18. The molecule has 1 aliphatic rings. The number of nitrogens with zero attached hydrogens (tertiary/aromatic N) is 6. The predicted octanol–water partition coefficient (Wildman–Crippen LogP) is 4.83. The molecule has 39 heavy (non-hydrogen) atoms. The lowest BCUT2D eigenvalue weighted by Gasteiger charge is -2.36. The minimum atomic E-state index is 0.108. The largest absolute Gasteiger partial charge is 0.368 e. The number of para-hydroxylation sites is 2. The van der Waals surface area contributed by atoms with Gasteiger partial charge in [0.05, 0.1) is 23.0 Å².